The predicted octanol–water partition coefficient (Wildman–Crippen LogP) is 2.73. The first kappa shape index (κ1) is 23.3. The van der Waals surface area contributed by atoms with Gasteiger partial charge in [-0.05, 0) is 30.7 Å². The molecule has 9 nitrogen and oxygen atoms in total. The minimum atomic E-state index is -0.678. The molecule has 2 atom stereocenters. The maximum absolute atomic E-state index is 15.0. The van der Waals surface area contributed by atoms with E-state index in [1.54, 1.807) is 24.0 Å². The highest BCUT2D eigenvalue weighted by molar-refractivity contribution is 5.91. The molecule has 2 heterocycles. The summed E-state index contributed by atoms with van der Waals surface area (Å²) in [6.45, 7) is 3.60. The molecule has 0 bridgehead atoms. The van der Waals surface area contributed by atoms with Crippen LogP contribution in [-0.2, 0) is 20.9 Å². The standard InChI is InChI=1S/C24H27FN4O5/c1-16(22(26)30)21-14-29(24(32)34-21)18-7-8-20(19(25)13-18)27-9-11-28(12-10-27)23(31)33-15-17-5-3-2-4-6-17/h2-8,13,16,21H,9-12,14-15H2,1H3,(H2,26,30). The van der Waals surface area contributed by atoms with E-state index in [0.717, 1.165) is 5.56 Å². The van der Waals surface area contributed by atoms with Gasteiger partial charge >= 0.3 is 12.2 Å². The van der Waals surface area contributed by atoms with Gasteiger partial charge in [0, 0.05) is 26.2 Å². The van der Waals surface area contributed by atoms with E-state index < -0.39 is 35.9 Å². The molecule has 2 N–H and O–H groups in total. The summed E-state index contributed by atoms with van der Waals surface area (Å²) < 4.78 is 25.6. The van der Waals surface area contributed by atoms with Crippen LogP contribution in [0.25, 0.3) is 0 Å². The van der Waals surface area contributed by atoms with Crippen LogP contribution < -0.4 is 15.5 Å². The second-order valence-corrected chi connectivity index (χ2v) is 8.37. The van der Waals surface area contributed by atoms with Crippen LogP contribution in [0, 0.1) is 11.7 Å². The minimum absolute atomic E-state index is 0.117. The largest absolute Gasteiger partial charge is 0.445 e. The summed E-state index contributed by atoms with van der Waals surface area (Å²) >= 11 is 0. The quantitative estimate of drug-likeness (QED) is 0.696. The van der Waals surface area contributed by atoms with E-state index in [1.165, 1.54) is 11.0 Å². The average Bonchev–Trinajstić information content (AvgIpc) is 3.24. The molecule has 0 aromatic heterocycles. The summed E-state index contributed by atoms with van der Waals surface area (Å²) in [5.41, 5.74) is 6.93. The topological polar surface area (TPSA) is 105 Å². The monoisotopic (exact) mass is 470 g/mol. The van der Waals surface area contributed by atoms with Gasteiger partial charge in [0.05, 0.1) is 23.8 Å². The fourth-order valence-electron chi connectivity index (χ4n) is 4.00. The fraction of sp³-hybridized carbons (Fsp3) is 0.375. The van der Waals surface area contributed by atoms with Gasteiger partial charge in [-0.25, -0.2) is 14.0 Å². The van der Waals surface area contributed by atoms with Crippen molar-refractivity contribution in [1.82, 2.24) is 4.90 Å². The van der Waals surface area contributed by atoms with Crippen LogP contribution in [0.15, 0.2) is 48.5 Å². The normalized spacial score (nSPS) is 19.1. The highest BCUT2D eigenvalue weighted by Crippen LogP contribution is 2.30. The Hall–Kier alpha value is -3.82. The van der Waals surface area contributed by atoms with Crippen molar-refractivity contribution in [2.24, 2.45) is 11.7 Å². The lowest BCUT2D eigenvalue weighted by molar-refractivity contribution is -0.123. The van der Waals surface area contributed by atoms with Gasteiger partial charge in [-0.2, -0.15) is 0 Å². The van der Waals surface area contributed by atoms with Gasteiger partial charge in [0.15, 0.2) is 0 Å². The van der Waals surface area contributed by atoms with Crippen molar-refractivity contribution in [2.45, 2.75) is 19.6 Å². The number of anilines is 2. The minimum Gasteiger partial charge on any atom is -0.445 e. The Labute approximate surface area is 196 Å². The number of benzene rings is 2. The smallest absolute Gasteiger partial charge is 0.414 e. The number of rotatable bonds is 6. The number of nitrogens with zero attached hydrogens (tertiary/aromatic N) is 3. The molecule has 0 saturated carbocycles. The Kier molecular flexibility index (Phi) is 6.85. The molecule has 180 valence electrons. The lowest BCUT2D eigenvalue weighted by atomic mass is 10.0. The maximum Gasteiger partial charge on any atom is 0.414 e. The van der Waals surface area contributed by atoms with Crippen LogP contribution in [0.1, 0.15) is 12.5 Å². The zero-order chi connectivity index (χ0) is 24.2. The summed E-state index contributed by atoms with van der Waals surface area (Å²) in [6.07, 6.45) is -1.72. The summed E-state index contributed by atoms with van der Waals surface area (Å²) in [5, 5.41) is 0. The number of nitrogens with two attached hydrogens (primary N) is 1. The average molecular weight is 471 g/mol. The van der Waals surface area contributed by atoms with E-state index in [9.17, 15) is 18.8 Å². The molecular weight excluding hydrogens is 443 g/mol. The Bertz CT molecular complexity index is 1060. The third-order valence-electron chi connectivity index (χ3n) is 6.17. The van der Waals surface area contributed by atoms with E-state index in [0.29, 0.717) is 37.6 Å². The Morgan fingerprint density at radius 2 is 1.85 bits per heavy atom. The molecule has 2 fully saturated rings. The molecular formula is C24H27FN4O5. The first-order valence-electron chi connectivity index (χ1n) is 11.1. The van der Waals surface area contributed by atoms with Crippen molar-refractivity contribution in [2.75, 3.05) is 42.5 Å². The zero-order valence-electron chi connectivity index (χ0n) is 18.9. The predicted molar refractivity (Wildman–Crippen MR) is 123 cm³/mol. The van der Waals surface area contributed by atoms with E-state index >= 15 is 0 Å². The van der Waals surface area contributed by atoms with Gasteiger partial charge in [-0.3, -0.25) is 9.69 Å². The summed E-state index contributed by atoms with van der Waals surface area (Å²) in [7, 11) is 0. The number of cyclic esters (lactones) is 1. The zero-order valence-corrected chi connectivity index (χ0v) is 18.9. The lowest BCUT2D eigenvalue weighted by Gasteiger charge is -2.35. The van der Waals surface area contributed by atoms with Gasteiger partial charge in [0.25, 0.3) is 0 Å². The second kappa shape index (κ2) is 9.98. The number of piperazine rings is 1. The number of carbonyl (C=O) groups excluding carboxylic acids is 3. The van der Waals surface area contributed by atoms with Crippen molar-refractivity contribution in [3.63, 3.8) is 0 Å². The molecule has 2 unspecified atom stereocenters. The van der Waals surface area contributed by atoms with Crippen LogP contribution in [0.2, 0.25) is 0 Å². The van der Waals surface area contributed by atoms with Gasteiger partial charge in [0.1, 0.15) is 18.5 Å². The van der Waals surface area contributed by atoms with Crippen molar-refractivity contribution in [3.8, 4) is 0 Å². The number of ether oxygens (including phenoxy) is 2. The van der Waals surface area contributed by atoms with Crippen LogP contribution in [-0.4, -0.2) is 61.8 Å². The van der Waals surface area contributed by atoms with Gasteiger partial charge in [-0.15, -0.1) is 0 Å². The number of hydrogen-bond donors (Lipinski definition) is 1. The molecule has 10 heteroatoms. The van der Waals surface area contributed by atoms with E-state index in [1.807, 2.05) is 35.2 Å². The van der Waals surface area contributed by atoms with E-state index in [2.05, 4.69) is 0 Å². The first-order chi connectivity index (χ1) is 16.3. The van der Waals surface area contributed by atoms with Crippen molar-refractivity contribution < 1.29 is 28.2 Å². The van der Waals surface area contributed by atoms with Crippen LogP contribution in [0.3, 0.4) is 0 Å². The maximum atomic E-state index is 15.0. The molecule has 4 rings (SSSR count). The van der Waals surface area contributed by atoms with E-state index in [4.69, 9.17) is 15.2 Å². The first-order valence-corrected chi connectivity index (χ1v) is 11.1. The molecule has 2 aliphatic rings. The van der Waals surface area contributed by atoms with Crippen molar-refractivity contribution in [1.29, 1.82) is 0 Å². The van der Waals surface area contributed by atoms with Crippen molar-refractivity contribution in [3.05, 3.63) is 59.9 Å². The molecule has 0 radical (unpaired) electrons. The fourth-order valence-corrected chi connectivity index (χ4v) is 4.00. The number of hydrogen-bond acceptors (Lipinski definition) is 6. The molecule has 2 aromatic carbocycles. The molecule has 34 heavy (non-hydrogen) atoms. The Morgan fingerprint density at radius 1 is 1.15 bits per heavy atom. The highest BCUT2D eigenvalue weighted by Gasteiger charge is 2.38. The molecule has 2 aliphatic heterocycles. The summed E-state index contributed by atoms with van der Waals surface area (Å²) in [6, 6.07) is 13.9. The van der Waals surface area contributed by atoms with Gasteiger partial charge < -0.3 is 25.0 Å². The number of amides is 3. The molecule has 2 aromatic rings. The van der Waals surface area contributed by atoms with Gasteiger partial charge in [-0.1, -0.05) is 30.3 Å². The van der Waals surface area contributed by atoms with Crippen molar-refractivity contribution >= 4 is 29.5 Å². The lowest BCUT2D eigenvalue weighted by Crippen LogP contribution is -2.49. The summed E-state index contributed by atoms with van der Waals surface area (Å²) in [5.74, 6) is -1.70. The third kappa shape index (κ3) is 5.05. The number of primary amides is 1. The molecule has 0 spiro atoms. The summed E-state index contributed by atoms with van der Waals surface area (Å²) in [4.78, 5) is 40.7. The SMILES string of the molecule is CC(C(N)=O)C1CN(c2ccc(N3CCN(C(=O)OCc4ccccc4)CC3)c(F)c2)C(=O)O1. The van der Waals surface area contributed by atoms with Crippen LogP contribution in [0.4, 0.5) is 25.4 Å². The third-order valence-corrected chi connectivity index (χ3v) is 6.17. The molecule has 0 aliphatic carbocycles. The van der Waals surface area contributed by atoms with Crippen LogP contribution >= 0.6 is 0 Å². The molecule has 3 amide bonds. The van der Waals surface area contributed by atoms with Gasteiger partial charge in [0.2, 0.25) is 5.91 Å². The van der Waals surface area contributed by atoms with Crippen LogP contribution in [0.5, 0.6) is 0 Å². The van der Waals surface area contributed by atoms with E-state index in [-0.39, 0.29) is 13.2 Å². The number of halogens is 1. The Morgan fingerprint density at radius 3 is 2.50 bits per heavy atom. The second-order valence-electron chi connectivity index (χ2n) is 8.37. The number of carbonyl (C=O) groups is 3. The Balaban J connectivity index is 1.33. The molecule has 2 saturated heterocycles. The highest BCUT2D eigenvalue weighted by atomic mass is 19.1.